The largest absolute Gasteiger partial charge is 0.481 e. The van der Waals surface area contributed by atoms with Crippen molar-refractivity contribution < 1.29 is 19.8 Å². The highest BCUT2D eigenvalue weighted by Crippen LogP contribution is 1.42. The number of carbonyl (C=O) groups is 2. The van der Waals surface area contributed by atoms with Crippen LogP contribution in [-0.2, 0) is 9.59 Å². The third kappa shape index (κ3) is 9110. The number of aliphatic hydroxyl groups is 1. The zero-order valence-corrected chi connectivity index (χ0v) is 5.91. The third-order valence-corrected chi connectivity index (χ3v) is 0.0745. The van der Waals surface area contributed by atoms with Crippen LogP contribution in [0.2, 0.25) is 0 Å². The molecule has 60 valence electrons. The number of carboxylic acids is 1. The average molecular weight is 148 g/mol. The van der Waals surface area contributed by atoms with E-state index in [2.05, 4.69) is 13.2 Å². The van der Waals surface area contributed by atoms with E-state index in [0.29, 0.717) is 6.29 Å². The molecule has 0 aromatic rings. The lowest BCUT2D eigenvalue weighted by atomic mass is 10.9. The molecule has 0 heterocycles. The molecule has 0 atom stereocenters. The zero-order valence-electron chi connectivity index (χ0n) is 5.91. The molecule has 2 N–H and O–H groups in total. The Morgan fingerprint density at radius 2 is 1.70 bits per heavy atom. The van der Waals surface area contributed by atoms with E-state index in [0.717, 1.165) is 6.92 Å². The summed E-state index contributed by atoms with van der Waals surface area (Å²) in [7, 11) is 0. The van der Waals surface area contributed by atoms with Crippen molar-refractivity contribution in [2.45, 2.75) is 6.92 Å². The molecule has 0 spiro atoms. The number of carbonyl (C=O) groups excluding carboxylic acids is 1. The second-order valence-electron chi connectivity index (χ2n) is 0.868. The van der Waals surface area contributed by atoms with E-state index < -0.39 is 5.97 Å². The van der Waals surface area contributed by atoms with Gasteiger partial charge in [0.2, 0.25) is 0 Å². The zero-order chi connectivity index (χ0) is 8.99. The Morgan fingerprint density at radius 3 is 1.70 bits per heavy atom. The van der Waals surface area contributed by atoms with Gasteiger partial charge in [0.05, 0.1) is 6.61 Å². The van der Waals surface area contributed by atoms with Gasteiger partial charge in [-0.05, 0) is 0 Å². The van der Waals surface area contributed by atoms with Crippen LogP contribution in [0.5, 0.6) is 0 Å². The van der Waals surface area contributed by atoms with Crippen LogP contribution < -0.4 is 0 Å². The first-order valence-electron chi connectivity index (χ1n) is 2.39. The fraction of sp³-hybridized carbons (Fsp3) is 0.333. The maximum atomic E-state index is 9.00. The minimum absolute atomic E-state index is 0.361. The Balaban J connectivity index is -0.0000000787. The van der Waals surface area contributed by atoms with Gasteiger partial charge in [-0.3, -0.25) is 4.79 Å². The number of aliphatic carboxylic acids is 1. The van der Waals surface area contributed by atoms with E-state index in [1.54, 1.807) is 0 Å². The van der Waals surface area contributed by atoms with Crippen LogP contribution in [0.1, 0.15) is 6.92 Å². The molecule has 4 nitrogen and oxygen atoms in total. The maximum Gasteiger partial charge on any atom is 0.300 e. The highest BCUT2D eigenvalue weighted by molar-refractivity contribution is 5.62. The molecule has 0 unspecified atom stereocenters. The molecule has 0 fully saturated rings. The van der Waals surface area contributed by atoms with Crippen molar-refractivity contribution in [3.05, 3.63) is 13.2 Å². The number of aldehydes is 1. The summed E-state index contributed by atoms with van der Waals surface area (Å²) in [6.45, 7) is 6.72. The van der Waals surface area contributed by atoms with E-state index in [1.807, 2.05) is 0 Å². The molecule has 4 heteroatoms. The number of aliphatic hydroxyl groups excluding tert-OH is 1. The Hall–Kier alpha value is -1.16. The van der Waals surface area contributed by atoms with Gasteiger partial charge >= 0.3 is 0 Å². The molecular weight excluding hydrogens is 136 g/mol. The molecule has 0 aliphatic heterocycles. The molecule has 10 heavy (non-hydrogen) atoms. The first-order valence-corrected chi connectivity index (χ1v) is 2.39. The number of hydrogen-bond donors (Lipinski definition) is 2. The lowest BCUT2D eigenvalue weighted by Crippen LogP contribution is -1.78. The van der Waals surface area contributed by atoms with Crippen LogP contribution in [0.3, 0.4) is 0 Å². The van der Waals surface area contributed by atoms with Gasteiger partial charge in [-0.15, -0.1) is 13.2 Å². The van der Waals surface area contributed by atoms with Crippen LogP contribution in [0, 0.1) is 0 Å². The predicted molar refractivity (Wildman–Crippen MR) is 37.7 cm³/mol. The number of rotatable bonds is 1. The summed E-state index contributed by atoms with van der Waals surface area (Å²) in [6.07, 6.45) is 0.431. The second kappa shape index (κ2) is 24.9. The highest BCUT2D eigenvalue weighted by Gasteiger charge is 1.65. The van der Waals surface area contributed by atoms with Crippen LogP contribution in [-0.4, -0.2) is 29.1 Å². The first kappa shape index (κ1) is 15.9. The van der Waals surface area contributed by atoms with Gasteiger partial charge in [-0.25, -0.2) is 0 Å². The lowest BCUT2D eigenvalue weighted by molar-refractivity contribution is -0.134. The van der Waals surface area contributed by atoms with Gasteiger partial charge in [-0.1, -0.05) is 0 Å². The molecule has 0 rings (SSSR count). The fourth-order valence-electron chi connectivity index (χ4n) is 0. The number of carboxylic acid groups (broad SMARTS) is 1. The summed E-state index contributed by atoms with van der Waals surface area (Å²) >= 11 is 0. The smallest absolute Gasteiger partial charge is 0.300 e. The lowest BCUT2D eigenvalue weighted by Gasteiger charge is -1.59. The van der Waals surface area contributed by atoms with E-state index in [-0.39, 0.29) is 6.61 Å². The standard InChI is InChI=1S/2C2H4O2.C2H4/c1-2(3)4;3-1-2-4;1-2/h1H3,(H,3,4);1,4H,2H2;1-2H2. The highest BCUT2D eigenvalue weighted by atomic mass is 16.4. The van der Waals surface area contributed by atoms with Gasteiger partial charge in [0.15, 0.2) is 0 Å². The second-order valence-corrected chi connectivity index (χ2v) is 0.868. The predicted octanol–water partition coefficient (Wildman–Crippen LogP) is 0.0707. The first-order chi connectivity index (χ1) is 4.65. The molecule has 0 saturated carbocycles. The van der Waals surface area contributed by atoms with E-state index in [9.17, 15) is 0 Å². The van der Waals surface area contributed by atoms with Gasteiger partial charge in [0.1, 0.15) is 6.29 Å². The van der Waals surface area contributed by atoms with Gasteiger partial charge < -0.3 is 15.0 Å². The molecule has 0 aliphatic rings. The van der Waals surface area contributed by atoms with Crippen molar-refractivity contribution in [2.75, 3.05) is 6.61 Å². The molecule has 0 aromatic heterocycles. The van der Waals surface area contributed by atoms with Gasteiger partial charge in [-0.2, -0.15) is 0 Å². The topological polar surface area (TPSA) is 74.6 Å². The minimum Gasteiger partial charge on any atom is -0.481 e. The summed E-state index contributed by atoms with van der Waals surface area (Å²) in [5.74, 6) is -0.833. The molecular formula is C6H12O4. The van der Waals surface area contributed by atoms with E-state index in [1.165, 1.54) is 0 Å². The van der Waals surface area contributed by atoms with Crippen molar-refractivity contribution in [1.82, 2.24) is 0 Å². The van der Waals surface area contributed by atoms with E-state index >= 15 is 0 Å². The summed E-state index contributed by atoms with van der Waals surface area (Å²) < 4.78 is 0. The fourth-order valence-corrected chi connectivity index (χ4v) is 0. The minimum atomic E-state index is -0.833. The van der Waals surface area contributed by atoms with Crippen LogP contribution in [0.4, 0.5) is 0 Å². The molecule has 0 bridgehead atoms. The molecule has 0 aliphatic carbocycles. The summed E-state index contributed by atoms with van der Waals surface area (Å²) in [4.78, 5) is 17.9. The average Bonchev–Trinajstić information content (AvgIpc) is 1.91. The Kier molecular flexibility index (Phi) is 39.6. The molecule has 0 radical (unpaired) electrons. The number of hydrogen-bond acceptors (Lipinski definition) is 3. The maximum absolute atomic E-state index is 9.00. The molecule has 0 amide bonds. The quantitative estimate of drug-likeness (QED) is 0.407. The van der Waals surface area contributed by atoms with Crippen LogP contribution >= 0.6 is 0 Å². The Morgan fingerprint density at radius 1 is 1.60 bits per heavy atom. The summed E-state index contributed by atoms with van der Waals surface area (Å²) in [5.41, 5.74) is 0. The monoisotopic (exact) mass is 148 g/mol. The molecule has 0 saturated heterocycles. The van der Waals surface area contributed by atoms with Crippen molar-refractivity contribution in [3.8, 4) is 0 Å². The van der Waals surface area contributed by atoms with Crippen molar-refractivity contribution >= 4 is 12.3 Å². The van der Waals surface area contributed by atoms with Crippen LogP contribution in [0.25, 0.3) is 0 Å². The van der Waals surface area contributed by atoms with Crippen molar-refractivity contribution in [3.63, 3.8) is 0 Å². The Bertz CT molecular complexity index is 75.8. The van der Waals surface area contributed by atoms with Crippen LogP contribution in [0.15, 0.2) is 13.2 Å². The Labute approximate surface area is 59.8 Å². The van der Waals surface area contributed by atoms with Gasteiger partial charge in [0.25, 0.3) is 5.97 Å². The summed E-state index contributed by atoms with van der Waals surface area (Å²) in [5, 5.41) is 14.9. The van der Waals surface area contributed by atoms with Gasteiger partial charge in [0, 0.05) is 6.92 Å². The van der Waals surface area contributed by atoms with Crippen molar-refractivity contribution in [2.24, 2.45) is 0 Å². The summed E-state index contributed by atoms with van der Waals surface area (Å²) in [6, 6.07) is 0. The van der Waals surface area contributed by atoms with E-state index in [4.69, 9.17) is 19.8 Å². The molecule has 0 aromatic carbocycles. The normalized spacial score (nSPS) is 5.40. The SMILES string of the molecule is C=C.CC(=O)O.O=CCO. The van der Waals surface area contributed by atoms with Crippen molar-refractivity contribution in [1.29, 1.82) is 0 Å². The third-order valence-electron chi connectivity index (χ3n) is 0.0745.